The van der Waals surface area contributed by atoms with Crippen LogP contribution in [0.25, 0.3) is 0 Å². The van der Waals surface area contributed by atoms with Gasteiger partial charge >= 0.3 is 0 Å². The van der Waals surface area contributed by atoms with Crippen molar-refractivity contribution in [2.24, 2.45) is 0 Å². The van der Waals surface area contributed by atoms with Crippen LogP contribution in [-0.2, 0) is 40.6 Å². The van der Waals surface area contributed by atoms with E-state index in [1.165, 1.54) is 10.6 Å². The summed E-state index contributed by atoms with van der Waals surface area (Å²) >= 11 is 0. The summed E-state index contributed by atoms with van der Waals surface area (Å²) < 4.78 is 19.2. The van der Waals surface area contributed by atoms with Crippen LogP contribution >= 0.6 is 0 Å². The number of hydrogen-bond donors (Lipinski definition) is 3. The van der Waals surface area contributed by atoms with E-state index in [1.54, 1.807) is 6.07 Å². The third kappa shape index (κ3) is 5.44. The predicted molar refractivity (Wildman–Crippen MR) is 123 cm³/mol. The molecule has 4 atom stereocenters. The molecule has 2 aromatic carbocycles. The van der Waals surface area contributed by atoms with E-state index in [2.05, 4.69) is 0 Å². The van der Waals surface area contributed by atoms with Gasteiger partial charge in [-0.05, 0) is 23.3 Å². The van der Waals surface area contributed by atoms with Gasteiger partial charge in [0.25, 0.3) is 0 Å². The molecule has 3 aromatic rings. The molecule has 1 aliphatic rings. The summed E-state index contributed by atoms with van der Waals surface area (Å²) in [5.41, 5.74) is 2.52. The van der Waals surface area contributed by atoms with Crippen molar-refractivity contribution in [3.05, 3.63) is 95.3 Å². The minimum absolute atomic E-state index is 0.0357. The summed E-state index contributed by atoms with van der Waals surface area (Å²) in [6.07, 6.45) is -2.42. The number of ether oxygens (including phenoxy) is 3. The lowest BCUT2D eigenvalue weighted by Gasteiger charge is -2.45. The van der Waals surface area contributed by atoms with E-state index in [-0.39, 0.29) is 38.7 Å². The van der Waals surface area contributed by atoms with E-state index in [4.69, 9.17) is 14.2 Å². The Morgan fingerprint density at radius 3 is 2.18 bits per heavy atom. The molecule has 0 amide bonds. The maximum atomic E-state index is 11.4. The summed E-state index contributed by atoms with van der Waals surface area (Å²) in [6.45, 7) is -0.147. The molecule has 34 heavy (non-hydrogen) atoms. The van der Waals surface area contributed by atoms with Crippen LogP contribution in [0.2, 0.25) is 0 Å². The summed E-state index contributed by atoms with van der Waals surface area (Å²) in [5.74, 6) is -2.06. The second-order valence-corrected chi connectivity index (χ2v) is 8.31. The van der Waals surface area contributed by atoms with Gasteiger partial charge in [-0.25, -0.2) is 0 Å². The van der Waals surface area contributed by atoms with Crippen LogP contribution in [0, 0.1) is 0 Å². The number of aldehydes is 1. The van der Waals surface area contributed by atoms with Gasteiger partial charge in [-0.1, -0.05) is 60.7 Å². The average molecular weight is 468 g/mol. The molecule has 0 saturated carbocycles. The molecule has 0 spiro atoms. The molecule has 1 fully saturated rings. The van der Waals surface area contributed by atoms with E-state index < -0.39 is 24.1 Å². The lowest BCUT2D eigenvalue weighted by Crippen LogP contribution is -2.63. The Bertz CT molecular complexity index is 1060. The van der Waals surface area contributed by atoms with E-state index >= 15 is 0 Å². The average Bonchev–Trinajstić information content (AvgIpc) is 3.26. The van der Waals surface area contributed by atoms with Crippen molar-refractivity contribution in [1.82, 2.24) is 4.57 Å². The van der Waals surface area contributed by atoms with E-state index in [9.17, 15) is 20.1 Å². The SMILES string of the molecule is O=Cc1ccc(CO)n1CC1(O)OC[C@@H](OCc2ccccc2)[C@@H](OCc2ccccc2)[C@@H]1O. The molecular weight excluding hydrogens is 438 g/mol. The summed E-state index contributed by atoms with van der Waals surface area (Å²) in [7, 11) is 0. The number of aromatic nitrogens is 1. The highest BCUT2D eigenvalue weighted by Gasteiger charge is 2.51. The molecule has 1 unspecified atom stereocenters. The number of carbonyl (C=O) groups excluding carboxylic acids is 1. The minimum atomic E-state index is -2.06. The van der Waals surface area contributed by atoms with E-state index in [0.29, 0.717) is 12.0 Å². The van der Waals surface area contributed by atoms with Gasteiger partial charge in [-0.2, -0.15) is 0 Å². The Morgan fingerprint density at radius 2 is 1.59 bits per heavy atom. The molecule has 2 heterocycles. The fourth-order valence-electron chi connectivity index (χ4n) is 4.08. The molecule has 0 radical (unpaired) electrons. The summed E-state index contributed by atoms with van der Waals surface area (Å²) in [6, 6.07) is 22.2. The zero-order valence-electron chi connectivity index (χ0n) is 18.7. The van der Waals surface area contributed by atoms with Gasteiger partial charge < -0.3 is 34.1 Å². The fraction of sp³-hybridized carbons (Fsp3) is 0.346. The van der Waals surface area contributed by atoms with Gasteiger partial charge in [0, 0.05) is 5.69 Å². The zero-order chi connectivity index (χ0) is 24.0. The van der Waals surface area contributed by atoms with Crippen LogP contribution < -0.4 is 0 Å². The lowest BCUT2D eigenvalue weighted by atomic mass is 9.96. The summed E-state index contributed by atoms with van der Waals surface area (Å²) in [5, 5.41) is 32.1. The van der Waals surface area contributed by atoms with Crippen molar-refractivity contribution in [3.63, 3.8) is 0 Å². The third-order valence-electron chi connectivity index (χ3n) is 6.00. The van der Waals surface area contributed by atoms with Crippen LogP contribution in [0.15, 0.2) is 72.8 Å². The number of hydrogen-bond acceptors (Lipinski definition) is 7. The quantitative estimate of drug-likeness (QED) is 0.392. The molecule has 1 aliphatic heterocycles. The first-order valence-electron chi connectivity index (χ1n) is 11.1. The van der Waals surface area contributed by atoms with Crippen molar-refractivity contribution < 1.29 is 34.3 Å². The van der Waals surface area contributed by atoms with Gasteiger partial charge in [0.2, 0.25) is 5.79 Å². The number of nitrogens with zero attached hydrogens (tertiary/aromatic N) is 1. The maximum Gasteiger partial charge on any atom is 0.213 e. The van der Waals surface area contributed by atoms with Gasteiger partial charge in [0.15, 0.2) is 6.29 Å². The highest BCUT2D eigenvalue weighted by molar-refractivity contribution is 5.72. The molecule has 4 rings (SSSR count). The Morgan fingerprint density at radius 1 is 0.971 bits per heavy atom. The second-order valence-electron chi connectivity index (χ2n) is 8.31. The van der Waals surface area contributed by atoms with Crippen LogP contribution in [0.4, 0.5) is 0 Å². The van der Waals surface area contributed by atoms with Crippen LogP contribution in [0.5, 0.6) is 0 Å². The van der Waals surface area contributed by atoms with Crippen molar-refractivity contribution >= 4 is 6.29 Å². The maximum absolute atomic E-state index is 11.4. The first-order valence-corrected chi connectivity index (χ1v) is 11.1. The number of carbonyl (C=O) groups is 1. The highest BCUT2D eigenvalue weighted by atomic mass is 16.7. The van der Waals surface area contributed by atoms with Crippen molar-refractivity contribution in [3.8, 4) is 0 Å². The monoisotopic (exact) mass is 467 g/mol. The minimum Gasteiger partial charge on any atom is -0.390 e. The largest absolute Gasteiger partial charge is 0.390 e. The first kappa shape index (κ1) is 24.3. The highest BCUT2D eigenvalue weighted by Crippen LogP contribution is 2.31. The topological polar surface area (TPSA) is 110 Å². The number of rotatable bonds is 10. The van der Waals surface area contributed by atoms with E-state index in [0.717, 1.165) is 11.1 Å². The van der Waals surface area contributed by atoms with Gasteiger partial charge in [-0.3, -0.25) is 4.79 Å². The first-order chi connectivity index (χ1) is 16.5. The second kappa shape index (κ2) is 11.1. The van der Waals surface area contributed by atoms with Gasteiger partial charge in [0.05, 0.1) is 38.7 Å². The molecule has 8 nitrogen and oxygen atoms in total. The Labute approximate surface area is 197 Å². The number of aliphatic hydroxyl groups is 3. The molecular formula is C26H29NO7. The van der Waals surface area contributed by atoms with E-state index in [1.807, 2.05) is 60.7 Å². The molecule has 180 valence electrons. The van der Waals surface area contributed by atoms with Crippen LogP contribution in [0.1, 0.15) is 27.3 Å². The summed E-state index contributed by atoms with van der Waals surface area (Å²) in [4.78, 5) is 11.4. The standard InChI is InChI=1S/C26H29NO7/c28-13-21-11-12-22(14-29)27(21)18-26(31)25(30)24(33-16-20-9-5-2-6-10-20)23(17-34-26)32-15-19-7-3-1-4-8-19/h1-13,23-25,29-31H,14-18H2/t23-,24-,25+,26?/m1/s1. The molecule has 1 aromatic heterocycles. The number of benzene rings is 2. The Kier molecular flexibility index (Phi) is 7.89. The van der Waals surface area contributed by atoms with Gasteiger partial charge in [-0.15, -0.1) is 0 Å². The van der Waals surface area contributed by atoms with Crippen molar-refractivity contribution in [1.29, 1.82) is 0 Å². The molecule has 8 heteroatoms. The lowest BCUT2D eigenvalue weighted by molar-refractivity contribution is -0.338. The molecule has 3 N–H and O–H groups in total. The smallest absolute Gasteiger partial charge is 0.213 e. The fourth-order valence-corrected chi connectivity index (χ4v) is 4.08. The Balaban J connectivity index is 1.54. The van der Waals surface area contributed by atoms with Crippen LogP contribution in [0.3, 0.4) is 0 Å². The molecule has 0 bridgehead atoms. The zero-order valence-corrected chi connectivity index (χ0v) is 18.7. The van der Waals surface area contributed by atoms with Crippen LogP contribution in [-0.4, -0.2) is 56.9 Å². The predicted octanol–water partition coefficient (Wildman–Crippen LogP) is 2.04. The normalized spacial score (nSPS) is 24.7. The Hall–Kier alpha value is -2.85. The molecule has 0 aliphatic carbocycles. The molecule has 1 saturated heterocycles. The van der Waals surface area contributed by atoms with Crippen molar-refractivity contribution in [2.45, 2.75) is 50.5 Å². The van der Waals surface area contributed by atoms with Gasteiger partial charge in [0.1, 0.15) is 18.3 Å². The number of aliphatic hydroxyl groups excluding tert-OH is 2. The third-order valence-corrected chi connectivity index (χ3v) is 6.00. The van der Waals surface area contributed by atoms with Crippen molar-refractivity contribution in [2.75, 3.05) is 6.61 Å².